The molecule has 0 radical (unpaired) electrons. The van der Waals surface area contributed by atoms with Gasteiger partial charge in [-0.1, -0.05) is 13.8 Å². The normalized spacial score (nSPS) is 57.9. The van der Waals surface area contributed by atoms with Gasteiger partial charge in [0, 0.05) is 12.8 Å². The van der Waals surface area contributed by atoms with Crippen LogP contribution in [0.1, 0.15) is 78.6 Å². The van der Waals surface area contributed by atoms with Crippen molar-refractivity contribution < 1.29 is 9.90 Å². The summed E-state index contributed by atoms with van der Waals surface area (Å²) in [6.45, 7) is 6.94. The molecule has 0 amide bonds. The SMILES string of the molecule is C[C@]12CCC(=O)CC1CC[C@@H]1[C@@H]2CC[C@@]2(C)[C@H]1CC[C@]2(C)O. The van der Waals surface area contributed by atoms with E-state index in [0.717, 1.165) is 37.5 Å². The summed E-state index contributed by atoms with van der Waals surface area (Å²) >= 11 is 0. The summed E-state index contributed by atoms with van der Waals surface area (Å²) in [6, 6.07) is 0. The maximum absolute atomic E-state index is 11.9. The van der Waals surface area contributed by atoms with Crippen LogP contribution in [-0.2, 0) is 4.79 Å². The molecule has 0 bridgehead atoms. The Morgan fingerprint density at radius 1 is 0.955 bits per heavy atom. The highest BCUT2D eigenvalue weighted by molar-refractivity contribution is 5.79. The van der Waals surface area contributed by atoms with Crippen LogP contribution in [0.2, 0.25) is 0 Å². The van der Waals surface area contributed by atoms with Crippen LogP contribution in [0.5, 0.6) is 0 Å². The summed E-state index contributed by atoms with van der Waals surface area (Å²) in [5.41, 5.74) is 0.0530. The van der Waals surface area contributed by atoms with Crippen molar-refractivity contribution in [1.29, 1.82) is 0 Å². The molecule has 4 rings (SSSR count). The van der Waals surface area contributed by atoms with Gasteiger partial charge in [0.2, 0.25) is 0 Å². The molecule has 7 atom stereocenters. The quantitative estimate of drug-likeness (QED) is 0.722. The van der Waals surface area contributed by atoms with Crippen LogP contribution in [0, 0.1) is 34.5 Å². The van der Waals surface area contributed by atoms with Crippen molar-refractivity contribution in [2.24, 2.45) is 34.5 Å². The van der Waals surface area contributed by atoms with Crippen molar-refractivity contribution in [3.63, 3.8) is 0 Å². The molecule has 0 saturated heterocycles. The third-order valence-corrected chi connectivity index (χ3v) is 9.04. The molecule has 0 heterocycles. The van der Waals surface area contributed by atoms with Crippen LogP contribution in [0.3, 0.4) is 0 Å². The van der Waals surface area contributed by atoms with Crippen LogP contribution >= 0.6 is 0 Å². The summed E-state index contributed by atoms with van der Waals surface area (Å²) in [5.74, 6) is 3.44. The van der Waals surface area contributed by atoms with Gasteiger partial charge in [0.05, 0.1) is 5.60 Å². The van der Waals surface area contributed by atoms with E-state index < -0.39 is 5.60 Å². The molecule has 0 aromatic carbocycles. The smallest absolute Gasteiger partial charge is 0.133 e. The molecule has 4 fully saturated rings. The van der Waals surface area contributed by atoms with Crippen molar-refractivity contribution >= 4 is 5.78 Å². The average Bonchev–Trinajstić information content (AvgIpc) is 2.70. The van der Waals surface area contributed by atoms with Crippen LogP contribution in [0.25, 0.3) is 0 Å². The number of aliphatic hydroxyl groups is 1. The van der Waals surface area contributed by atoms with E-state index >= 15 is 0 Å². The van der Waals surface area contributed by atoms with E-state index in [0.29, 0.717) is 23.0 Å². The highest BCUT2D eigenvalue weighted by Crippen LogP contribution is 2.67. The third kappa shape index (κ3) is 1.79. The van der Waals surface area contributed by atoms with Crippen LogP contribution in [0.4, 0.5) is 0 Å². The fourth-order valence-electron chi connectivity index (χ4n) is 7.29. The molecule has 4 saturated carbocycles. The molecule has 4 aliphatic rings. The Balaban J connectivity index is 1.65. The molecular formula is C20H32O2. The fourth-order valence-corrected chi connectivity index (χ4v) is 7.29. The topological polar surface area (TPSA) is 37.3 Å². The molecule has 2 nitrogen and oxygen atoms in total. The first-order valence-corrected chi connectivity index (χ1v) is 9.52. The Kier molecular flexibility index (Phi) is 3.16. The molecule has 124 valence electrons. The molecular weight excluding hydrogens is 272 g/mol. The zero-order chi connectivity index (χ0) is 15.8. The molecule has 0 aromatic heterocycles. The lowest BCUT2D eigenvalue weighted by atomic mass is 9.44. The van der Waals surface area contributed by atoms with E-state index in [1.54, 1.807) is 0 Å². The highest BCUT2D eigenvalue weighted by Gasteiger charge is 2.63. The second kappa shape index (κ2) is 4.59. The van der Waals surface area contributed by atoms with E-state index in [1.165, 1.54) is 32.1 Å². The second-order valence-electron chi connectivity index (χ2n) is 9.67. The molecule has 1 unspecified atom stereocenters. The lowest BCUT2D eigenvalue weighted by molar-refractivity contribution is -0.152. The summed E-state index contributed by atoms with van der Waals surface area (Å²) < 4.78 is 0. The molecule has 1 N–H and O–H groups in total. The zero-order valence-electron chi connectivity index (χ0n) is 14.5. The summed E-state index contributed by atoms with van der Waals surface area (Å²) in [6.07, 6.45) is 9.98. The Hall–Kier alpha value is -0.370. The fraction of sp³-hybridized carbons (Fsp3) is 0.950. The second-order valence-corrected chi connectivity index (χ2v) is 9.67. The van der Waals surface area contributed by atoms with Crippen molar-refractivity contribution in [3.8, 4) is 0 Å². The number of rotatable bonds is 0. The van der Waals surface area contributed by atoms with E-state index in [4.69, 9.17) is 0 Å². The van der Waals surface area contributed by atoms with Gasteiger partial charge >= 0.3 is 0 Å². The van der Waals surface area contributed by atoms with Gasteiger partial charge < -0.3 is 5.11 Å². The number of carbonyl (C=O) groups excluding carboxylic acids is 1. The predicted molar refractivity (Wildman–Crippen MR) is 87.4 cm³/mol. The molecule has 22 heavy (non-hydrogen) atoms. The minimum atomic E-state index is -0.469. The van der Waals surface area contributed by atoms with Crippen LogP contribution < -0.4 is 0 Å². The predicted octanol–water partition coefficient (Wildman–Crippen LogP) is 4.35. The van der Waals surface area contributed by atoms with E-state index in [9.17, 15) is 9.90 Å². The van der Waals surface area contributed by atoms with Gasteiger partial charge in [-0.3, -0.25) is 4.79 Å². The Morgan fingerprint density at radius 3 is 2.45 bits per heavy atom. The van der Waals surface area contributed by atoms with Crippen molar-refractivity contribution in [2.45, 2.75) is 84.2 Å². The van der Waals surface area contributed by atoms with Gasteiger partial charge in [0.15, 0.2) is 0 Å². The summed E-state index contributed by atoms with van der Waals surface area (Å²) in [7, 11) is 0. The molecule has 0 spiro atoms. The minimum Gasteiger partial charge on any atom is -0.390 e. The molecule has 0 aliphatic heterocycles. The monoisotopic (exact) mass is 304 g/mol. The lowest BCUT2D eigenvalue weighted by Crippen LogP contribution is -2.55. The first kappa shape index (κ1) is 15.2. The van der Waals surface area contributed by atoms with Gasteiger partial charge in [0.25, 0.3) is 0 Å². The average molecular weight is 304 g/mol. The Bertz CT molecular complexity index is 496. The van der Waals surface area contributed by atoms with Crippen molar-refractivity contribution in [2.75, 3.05) is 0 Å². The third-order valence-electron chi connectivity index (χ3n) is 9.04. The van der Waals surface area contributed by atoms with Gasteiger partial charge in [-0.15, -0.1) is 0 Å². The number of fused-ring (bicyclic) bond motifs is 5. The molecule has 2 heteroatoms. The largest absolute Gasteiger partial charge is 0.390 e. The van der Waals surface area contributed by atoms with Gasteiger partial charge in [0.1, 0.15) is 5.78 Å². The van der Waals surface area contributed by atoms with Gasteiger partial charge in [-0.25, -0.2) is 0 Å². The summed E-state index contributed by atoms with van der Waals surface area (Å²) in [4.78, 5) is 11.9. The Morgan fingerprint density at radius 2 is 1.68 bits per heavy atom. The molecule has 0 aromatic rings. The van der Waals surface area contributed by atoms with Gasteiger partial charge in [-0.05, 0) is 86.4 Å². The Labute approximate surface area is 135 Å². The number of hydrogen-bond acceptors (Lipinski definition) is 2. The standard InChI is InChI=1S/C20H32O2/c1-18-9-6-14(21)12-13(18)4-5-15-16(18)7-10-19(2)17(15)8-11-20(19,3)22/h13,15-17,22H,4-12H2,1-3H3/t13?,15-,16+,17+,18+,19+,20+/m1/s1. The maximum Gasteiger partial charge on any atom is 0.133 e. The molecule has 4 aliphatic carbocycles. The number of ketones is 1. The van der Waals surface area contributed by atoms with E-state index in [-0.39, 0.29) is 5.41 Å². The first-order valence-electron chi connectivity index (χ1n) is 9.52. The van der Waals surface area contributed by atoms with Gasteiger partial charge in [-0.2, -0.15) is 0 Å². The maximum atomic E-state index is 11.9. The lowest BCUT2D eigenvalue weighted by Gasteiger charge is -2.60. The van der Waals surface area contributed by atoms with Crippen LogP contribution in [-0.4, -0.2) is 16.5 Å². The number of hydrogen-bond donors (Lipinski definition) is 1. The van der Waals surface area contributed by atoms with Crippen LogP contribution in [0.15, 0.2) is 0 Å². The van der Waals surface area contributed by atoms with Crippen molar-refractivity contribution in [3.05, 3.63) is 0 Å². The minimum absolute atomic E-state index is 0.127. The van der Waals surface area contributed by atoms with Crippen molar-refractivity contribution in [1.82, 2.24) is 0 Å². The number of Topliss-reactive ketones (excluding diaryl/α,β-unsaturated/α-hetero) is 1. The highest BCUT2D eigenvalue weighted by atomic mass is 16.3. The van der Waals surface area contributed by atoms with E-state index in [2.05, 4.69) is 20.8 Å². The number of carbonyl (C=O) groups is 1. The van der Waals surface area contributed by atoms with E-state index in [1.807, 2.05) is 0 Å². The summed E-state index contributed by atoms with van der Waals surface area (Å²) in [5, 5.41) is 10.9. The first-order chi connectivity index (χ1) is 10.3. The zero-order valence-corrected chi connectivity index (χ0v) is 14.5.